The van der Waals surface area contributed by atoms with Crippen LogP contribution in [0.3, 0.4) is 0 Å². The van der Waals surface area contributed by atoms with Gasteiger partial charge in [-0.15, -0.1) is 0 Å². The Balaban J connectivity index is 2.18. The van der Waals surface area contributed by atoms with Crippen LogP contribution in [0.4, 0.5) is 0 Å². The fraction of sp³-hybridized carbons (Fsp3) is 0.154. The van der Waals surface area contributed by atoms with E-state index in [1.807, 2.05) is 24.3 Å². The Hall–Kier alpha value is -2.34. The molecule has 1 heterocycles. The molecule has 1 aromatic heterocycles. The van der Waals surface area contributed by atoms with Crippen LogP contribution in [-0.4, -0.2) is 21.9 Å². The predicted molar refractivity (Wildman–Crippen MR) is 79.9 cm³/mol. The molecule has 0 saturated carbocycles. The molecule has 0 spiro atoms. The molecular formula is C13H15ClN6. The van der Waals surface area contributed by atoms with Crippen LogP contribution in [0.5, 0.6) is 0 Å². The number of H-pyrrole nitrogens is 1. The van der Waals surface area contributed by atoms with Gasteiger partial charge in [-0.25, -0.2) is 5.43 Å². The molecule has 1 aromatic carbocycles. The summed E-state index contributed by atoms with van der Waals surface area (Å²) in [7, 11) is 0. The average Bonchev–Trinajstić information content (AvgIpc) is 2.93. The normalized spacial score (nSPS) is 11.3. The van der Waals surface area contributed by atoms with Crippen LogP contribution in [0.15, 0.2) is 41.6 Å². The number of hydrogen-bond donors (Lipinski definition) is 4. The number of aromatic amines is 1. The zero-order valence-electron chi connectivity index (χ0n) is 10.7. The predicted octanol–water partition coefficient (Wildman–Crippen LogP) is 1.88. The molecule has 5 N–H and O–H groups in total. The first-order valence-electron chi connectivity index (χ1n) is 6.06. The molecule has 0 saturated heterocycles. The molecule has 0 bridgehead atoms. The highest BCUT2D eigenvalue weighted by atomic mass is 35.5. The summed E-state index contributed by atoms with van der Waals surface area (Å²) < 4.78 is 0. The molecule has 0 amide bonds. The minimum atomic E-state index is -0.212. The maximum Gasteiger partial charge on any atom is 0.206 e. The van der Waals surface area contributed by atoms with Crippen LogP contribution in [-0.2, 0) is 6.42 Å². The molecule has 0 atom stereocenters. The number of rotatable bonds is 5. The molecular weight excluding hydrogens is 276 g/mol. The summed E-state index contributed by atoms with van der Waals surface area (Å²) in [5, 5.41) is 18.8. The quantitative estimate of drug-likeness (QED) is 0.384. The second-order valence-electron chi connectivity index (χ2n) is 4.15. The number of hydrogen-bond acceptors (Lipinski definition) is 3. The van der Waals surface area contributed by atoms with Gasteiger partial charge < -0.3 is 5.73 Å². The van der Waals surface area contributed by atoms with E-state index in [0.717, 1.165) is 23.4 Å². The van der Waals surface area contributed by atoms with Crippen LogP contribution >= 0.6 is 11.6 Å². The number of nitrogens with zero attached hydrogens (tertiary/aromatic N) is 2. The fourth-order valence-corrected chi connectivity index (χ4v) is 2.00. The van der Waals surface area contributed by atoms with Gasteiger partial charge in [-0.3, -0.25) is 10.5 Å². The average molecular weight is 291 g/mol. The number of benzene rings is 1. The van der Waals surface area contributed by atoms with E-state index in [-0.39, 0.29) is 5.96 Å². The van der Waals surface area contributed by atoms with E-state index in [9.17, 15) is 0 Å². The van der Waals surface area contributed by atoms with Gasteiger partial charge in [0.2, 0.25) is 5.96 Å². The van der Waals surface area contributed by atoms with Gasteiger partial charge >= 0.3 is 0 Å². The highest BCUT2D eigenvalue weighted by Gasteiger charge is 2.09. The van der Waals surface area contributed by atoms with E-state index < -0.39 is 0 Å². The summed E-state index contributed by atoms with van der Waals surface area (Å²) in [6.07, 6.45) is 3.09. The van der Waals surface area contributed by atoms with Gasteiger partial charge in [0.05, 0.1) is 5.71 Å². The number of guanidine groups is 1. The molecule has 104 valence electrons. The third kappa shape index (κ3) is 3.83. The van der Waals surface area contributed by atoms with Gasteiger partial charge in [0, 0.05) is 22.5 Å². The van der Waals surface area contributed by atoms with Crippen molar-refractivity contribution in [3.05, 3.63) is 52.8 Å². The van der Waals surface area contributed by atoms with Crippen molar-refractivity contribution in [3.8, 4) is 0 Å². The summed E-state index contributed by atoms with van der Waals surface area (Å²) in [5.74, 6) is -0.212. The molecule has 0 unspecified atom stereocenters. The van der Waals surface area contributed by atoms with Crippen molar-refractivity contribution < 1.29 is 0 Å². The van der Waals surface area contributed by atoms with Crippen molar-refractivity contribution in [2.45, 2.75) is 12.8 Å². The summed E-state index contributed by atoms with van der Waals surface area (Å²) in [4.78, 5) is 0. The Morgan fingerprint density at radius 1 is 1.40 bits per heavy atom. The van der Waals surface area contributed by atoms with Crippen molar-refractivity contribution in [2.24, 2.45) is 10.8 Å². The van der Waals surface area contributed by atoms with Crippen molar-refractivity contribution >= 4 is 23.3 Å². The molecule has 0 fully saturated rings. The number of nitrogens with two attached hydrogens (primary N) is 1. The number of aromatic nitrogens is 2. The third-order valence-electron chi connectivity index (χ3n) is 2.69. The Labute approximate surface area is 121 Å². The second kappa shape index (κ2) is 6.72. The minimum Gasteiger partial charge on any atom is -0.369 e. The van der Waals surface area contributed by atoms with Crippen LogP contribution in [0.2, 0.25) is 5.02 Å². The lowest BCUT2D eigenvalue weighted by atomic mass is 10.0. The summed E-state index contributed by atoms with van der Waals surface area (Å²) in [6, 6.07) is 9.34. The molecule has 0 aliphatic carbocycles. The lowest BCUT2D eigenvalue weighted by Crippen LogP contribution is -2.27. The van der Waals surface area contributed by atoms with Crippen molar-refractivity contribution in [1.29, 1.82) is 5.41 Å². The SMILES string of the molecule is N=C(N)NN=C(CCc1ccn[nH]1)c1ccccc1Cl. The molecule has 0 radical (unpaired) electrons. The fourth-order valence-electron chi connectivity index (χ4n) is 1.75. The second-order valence-corrected chi connectivity index (χ2v) is 4.55. The van der Waals surface area contributed by atoms with Gasteiger partial charge in [0.1, 0.15) is 0 Å². The number of nitrogens with one attached hydrogen (secondary N) is 3. The standard InChI is InChI=1S/C13H15ClN6/c14-11-4-2-1-3-10(11)12(19-20-13(15)16)6-5-9-7-8-17-18-9/h1-4,7-8H,5-6H2,(H,17,18)(H4,15,16,20). The van der Waals surface area contributed by atoms with Crippen molar-refractivity contribution in [2.75, 3.05) is 0 Å². The highest BCUT2D eigenvalue weighted by molar-refractivity contribution is 6.34. The lowest BCUT2D eigenvalue weighted by molar-refractivity contribution is 0.914. The van der Waals surface area contributed by atoms with Crippen molar-refractivity contribution in [3.63, 3.8) is 0 Å². The third-order valence-corrected chi connectivity index (χ3v) is 3.02. The van der Waals surface area contributed by atoms with E-state index in [1.54, 1.807) is 12.3 Å². The molecule has 0 aliphatic rings. The molecule has 20 heavy (non-hydrogen) atoms. The first-order chi connectivity index (χ1) is 9.66. The Morgan fingerprint density at radius 2 is 2.20 bits per heavy atom. The smallest absolute Gasteiger partial charge is 0.206 e. The topological polar surface area (TPSA) is 103 Å². The van der Waals surface area contributed by atoms with Crippen LogP contribution in [0, 0.1) is 5.41 Å². The first-order valence-corrected chi connectivity index (χ1v) is 6.44. The summed E-state index contributed by atoms with van der Waals surface area (Å²) >= 11 is 6.18. The van der Waals surface area contributed by atoms with Crippen LogP contribution in [0.1, 0.15) is 17.7 Å². The number of halogens is 1. The largest absolute Gasteiger partial charge is 0.369 e. The van der Waals surface area contributed by atoms with Crippen molar-refractivity contribution in [1.82, 2.24) is 15.6 Å². The molecule has 7 heteroatoms. The maximum atomic E-state index is 7.19. The van der Waals surface area contributed by atoms with Crippen LogP contribution in [0.25, 0.3) is 0 Å². The van der Waals surface area contributed by atoms with Gasteiger partial charge in [-0.2, -0.15) is 10.2 Å². The molecule has 6 nitrogen and oxygen atoms in total. The lowest BCUT2D eigenvalue weighted by Gasteiger charge is -2.08. The maximum absolute atomic E-state index is 7.19. The van der Waals surface area contributed by atoms with Gasteiger partial charge in [0.25, 0.3) is 0 Å². The van der Waals surface area contributed by atoms with Crippen LogP contribution < -0.4 is 11.2 Å². The number of hydrazone groups is 1. The van der Waals surface area contributed by atoms with E-state index in [0.29, 0.717) is 11.4 Å². The summed E-state index contributed by atoms with van der Waals surface area (Å²) in [6.45, 7) is 0. The number of aryl methyl sites for hydroxylation is 1. The molecule has 0 aliphatic heterocycles. The molecule has 2 aromatic rings. The van der Waals surface area contributed by atoms with Gasteiger partial charge in [-0.05, 0) is 25.0 Å². The van der Waals surface area contributed by atoms with E-state index in [2.05, 4.69) is 20.7 Å². The van der Waals surface area contributed by atoms with E-state index >= 15 is 0 Å². The monoisotopic (exact) mass is 290 g/mol. The summed E-state index contributed by atoms with van der Waals surface area (Å²) in [5.41, 5.74) is 10.3. The van der Waals surface area contributed by atoms with E-state index in [1.165, 1.54) is 0 Å². The Bertz CT molecular complexity index is 605. The van der Waals surface area contributed by atoms with Gasteiger partial charge in [-0.1, -0.05) is 29.8 Å². The minimum absolute atomic E-state index is 0.212. The van der Waals surface area contributed by atoms with Gasteiger partial charge in [0.15, 0.2) is 0 Å². The highest BCUT2D eigenvalue weighted by Crippen LogP contribution is 2.18. The first kappa shape index (κ1) is 14.1. The zero-order valence-corrected chi connectivity index (χ0v) is 11.5. The zero-order chi connectivity index (χ0) is 14.4. The molecule has 2 rings (SSSR count). The van der Waals surface area contributed by atoms with E-state index in [4.69, 9.17) is 22.7 Å². The Kier molecular flexibility index (Phi) is 4.73. The Morgan fingerprint density at radius 3 is 2.85 bits per heavy atom.